The number of amides is 6. The number of carbonyl (C=O) groups excluding carboxylic acids is 6. The molecular formula is C30H56N8O11. The van der Waals surface area contributed by atoms with E-state index in [2.05, 4.69) is 31.9 Å². The second kappa shape index (κ2) is 22.7. The third-order valence-corrected chi connectivity index (χ3v) is 7.35. The fraction of sp³-hybridized carbons (Fsp3) is 0.767. The zero-order valence-electron chi connectivity index (χ0n) is 29.0. The molecule has 6 amide bonds. The molecule has 49 heavy (non-hydrogen) atoms. The molecule has 0 aliphatic rings. The number of aliphatic carboxylic acids is 1. The van der Waals surface area contributed by atoms with Crippen LogP contribution in [0.25, 0.3) is 0 Å². The van der Waals surface area contributed by atoms with Crippen molar-refractivity contribution in [3.05, 3.63) is 0 Å². The molecular weight excluding hydrogens is 648 g/mol. The summed E-state index contributed by atoms with van der Waals surface area (Å²) in [5.41, 5.74) is 11.0. The van der Waals surface area contributed by atoms with Gasteiger partial charge in [-0.1, -0.05) is 27.7 Å². The molecule has 0 radical (unpaired) electrons. The van der Waals surface area contributed by atoms with Gasteiger partial charge in [0.1, 0.15) is 42.3 Å². The first-order valence-corrected chi connectivity index (χ1v) is 16.2. The van der Waals surface area contributed by atoms with Gasteiger partial charge < -0.3 is 63.8 Å². The highest BCUT2D eigenvalue weighted by atomic mass is 16.4. The van der Waals surface area contributed by atoms with Crippen molar-refractivity contribution in [2.24, 2.45) is 23.3 Å². The van der Waals surface area contributed by atoms with Crippen molar-refractivity contribution < 1.29 is 54.0 Å². The molecule has 0 aromatic carbocycles. The largest absolute Gasteiger partial charge is 0.480 e. The number of unbranched alkanes of at least 4 members (excludes halogenated alkanes) is 1. The molecule has 0 heterocycles. The average Bonchev–Trinajstić information content (AvgIpc) is 3.02. The Morgan fingerprint density at radius 2 is 1.08 bits per heavy atom. The van der Waals surface area contributed by atoms with Crippen LogP contribution in [0.5, 0.6) is 0 Å². The zero-order chi connectivity index (χ0) is 38.0. The van der Waals surface area contributed by atoms with Crippen molar-refractivity contribution in [2.75, 3.05) is 19.8 Å². The van der Waals surface area contributed by atoms with Crippen molar-refractivity contribution >= 4 is 41.4 Å². The molecule has 0 bridgehead atoms. The highest BCUT2D eigenvalue weighted by Gasteiger charge is 2.33. The van der Waals surface area contributed by atoms with Gasteiger partial charge in [-0.2, -0.15) is 0 Å². The van der Waals surface area contributed by atoms with Gasteiger partial charge in [0.25, 0.3) is 0 Å². The Labute approximate surface area is 286 Å². The fourth-order valence-electron chi connectivity index (χ4n) is 4.33. The molecule has 0 saturated carbocycles. The van der Waals surface area contributed by atoms with E-state index in [4.69, 9.17) is 11.5 Å². The first-order valence-electron chi connectivity index (χ1n) is 16.2. The van der Waals surface area contributed by atoms with Crippen LogP contribution in [-0.4, -0.2) is 130 Å². The number of hydrogen-bond donors (Lipinski definition) is 12. The van der Waals surface area contributed by atoms with E-state index in [0.717, 1.165) is 0 Å². The number of rotatable bonds is 23. The molecule has 19 heteroatoms. The highest BCUT2D eigenvalue weighted by molar-refractivity contribution is 5.97. The van der Waals surface area contributed by atoms with Gasteiger partial charge in [0.05, 0.1) is 19.3 Å². The lowest BCUT2D eigenvalue weighted by Crippen LogP contribution is -2.61. The van der Waals surface area contributed by atoms with Gasteiger partial charge in [-0.3, -0.25) is 28.8 Å². The van der Waals surface area contributed by atoms with Gasteiger partial charge in [0.2, 0.25) is 35.4 Å². The maximum Gasteiger partial charge on any atom is 0.326 e. The number of hydrogen-bond acceptors (Lipinski definition) is 12. The lowest BCUT2D eigenvalue weighted by atomic mass is 9.99. The predicted molar refractivity (Wildman–Crippen MR) is 176 cm³/mol. The standard InChI is InChI=1S/C30H56N8O11/c1-14(2)11-19(25(43)38-23(15(3)4)29(47)34-18(30(48)49)9-7-8-10-31)35-24(42)16(5)33-26(44)20(12-39)36-27(45)21(13-40)37-28(46)22(32)17(6)41/h14-23,39-41H,7-13,31-32H2,1-6H3,(H,33,44)(H,34,47)(H,35,42)(H,36,45)(H,37,46)(H,38,43)(H,48,49)/t16-,17+,18-,19-,20-,21-,22-,23-/m0/s1. The van der Waals surface area contributed by atoms with Crippen LogP contribution in [0.4, 0.5) is 0 Å². The van der Waals surface area contributed by atoms with Crippen molar-refractivity contribution in [2.45, 2.75) is 116 Å². The molecule has 0 aliphatic heterocycles. The number of carbonyl (C=O) groups is 7. The maximum atomic E-state index is 13.4. The van der Waals surface area contributed by atoms with Crippen molar-refractivity contribution in [1.29, 1.82) is 0 Å². The third kappa shape index (κ3) is 16.4. The number of carboxylic acids is 1. The Bertz CT molecular complexity index is 1120. The van der Waals surface area contributed by atoms with Crippen LogP contribution in [-0.2, 0) is 33.6 Å². The van der Waals surface area contributed by atoms with Crippen molar-refractivity contribution in [1.82, 2.24) is 31.9 Å². The molecule has 0 unspecified atom stereocenters. The van der Waals surface area contributed by atoms with E-state index >= 15 is 0 Å². The topological polar surface area (TPSA) is 325 Å². The minimum atomic E-state index is -1.62. The molecule has 0 aromatic heterocycles. The summed E-state index contributed by atoms with van der Waals surface area (Å²) in [6.07, 6.45) is 0.0479. The molecule has 0 aromatic rings. The summed E-state index contributed by atoms with van der Waals surface area (Å²) in [5.74, 6) is -7.11. The summed E-state index contributed by atoms with van der Waals surface area (Å²) >= 11 is 0. The van der Waals surface area contributed by atoms with Crippen LogP contribution in [0.2, 0.25) is 0 Å². The minimum Gasteiger partial charge on any atom is -0.480 e. The van der Waals surface area contributed by atoms with E-state index in [9.17, 15) is 54.0 Å². The Kier molecular flexibility index (Phi) is 20.9. The second-order valence-electron chi connectivity index (χ2n) is 12.6. The van der Waals surface area contributed by atoms with Crippen LogP contribution in [0.15, 0.2) is 0 Å². The quantitative estimate of drug-likeness (QED) is 0.0447. The van der Waals surface area contributed by atoms with E-state index in [-0.39, 0.29) is 18.8 Å². The van der Waals surface area contributed by atoms with Crippen molar-refractivity contribution in [3.8, 4) is 0 Å². The summed E-state index contributed by atoms with van der Waals surface area (Å²) in [6.45, 7) is 7.93. The van der Waals surface area contributed by atoms with Crippen molar-refractivity contribution in [3.63, 3.8) is 0 Å². The van der Waals surface area contributed by atoms with Gasteiger partial charge in [0, 0.05) is 0 Å². The maximum absolute atomic E-state index is 13.4. The third-order valence-electron chi connectivity index (χ3n) is 7.35. The molecule has 0 fully saturated rings. The van der Waals surface area contributed by atoms with E-state index in [1.54, 1.807) is 27.7 Å². The number of nitrogens with one attached hydrogen (secondary N) is 6. The first-order chi connectivity index (χ1) is 22.8. The highest BCUT2D eigenvalue weighted by Crippen LogP contribution is 2.10. The molecule has 0 rings (SSSR count). The molecule has 0 saturated heterocycles. The summed E-state index contributed by atoms with van der Waals surface area (Å²) in [7, 11) is 0. The number of carboxylic acid groups (broad SMARTS) is 1. The lowest BCUT2D eigenvalue weighted by molar-refractivity contribution is -0.143. The Hall–Kier alpha value is -3.91. The Balaban J connectivity index is 5.59. The smallest absolute Gasteiger partial charge is 0.326 e. The van der Waals surface area contributed by atoms with E-state index in [1.165, 1.54) is 13.8 Å². The lowest BCUT2D eigenvalue weighted by Gasteiger charge is -2.28. The summed E-state index contributed by atoms with van der Waals surface area (Å²) in [5, 5.41) is 52.4. The van der Waals surface area contributed by atoms with Crippen LogP contribution in [0.1, 0.15) is 67.2 Å². The number of nitrogens with two attached hydrogens (primary N) is 2. The molecule has 14 N–H and O–H groups in total. The summed E-state index contributed by atoms with van der Waals surface area (Å²) in [6, 6.07) is -9.42. The van der Waals surface area contributed by atoms with Crippen LogP contribution in [0, 0.1) is 11.8 Å². The molecule has 0 spiro atoms. The summed E-state index contributed by atoms with van der Waals surface area (Å²) in [4.78, 5) is 88.7. The van der Waals surface area contributed by atoms with Gasteiger partial charge in [-0.15, -0.1) is 0 Å². The average molecular weight is 705 g/mol. The van der Waals surface area contributed by atoms with E-state index < -0.39 is 109 Å². The Morgan fingerprint density at radius 3 is 1.53 bits per heavy atom. The van der Waals surface area contributed by atoms with Gasteiger partial charge in [-0.05, 0) is 57.9 Å². The predicted octanol–water partition coefficient (Wildman–Crippen LogP) is -4.48. The number of aliphatic hydroxyl groups is 3. The summed E-state index contributed by atoms with van der Waals surface area (Å²) < 4.78 is 0. The van der Waals surface area contributed by atoms with E-state index in [1.807, 2.05) is 0 Å². The molecule has 282 valence electrons. The van der Waals surface area contributed by atoms with Crippen LogP contribution >= 0.6 is 0 Å². The number of aliphatic hydroxyl groups excluding tert-OH is 3. The SMILES string of the molecule is CC(C)C[C@H](NC(=O)[C@H](C)NC(=O)[C@H](CO)NC(=O)[C@H](CO)NC(=O)[C@@H](N)[C@@H](C)O)C(=O)N[C@H](C(=O)N[C@@H](CCCCN)C(=O)O)C(C)C. The van der Waals surface area contributed by atoms with Crippen LogP contribution in [0.3, 0.4) is 0 Å². The zero-order valence-corrected chi connectivity index (χ0v) is 29.0. The second-order valence-corrected chi connectivity index (χ2v) is 12.6. The van der Waals surface area contributed by atoms with E-state index in [0.29, 0.717) is 19.4 Å². The van der Waals surface area contributed by atoms with Crippen LogP contribution < -0.4 is 43.4 Å². The monoisotopic (exact) mass is 704 g/mol. The normalized spacial score (nSPS) is 16.2. The molecule has 0 aliphatic carbocycles. The van der Waals surface area contributed by atoms with Gasteiger partial charge >= 0.3 is 5.97 Å². The fourth-order valence-corrected chi connectivity index (χ4v) is 4.33. The van der Waals surface area contributed by atoms with Gasteiger partial charge in [-0.25, -0.2) is 4.79 Å². The molecule has 8 atom stereocenters. The first kappa shape index (κ1) is 45.1. The molecule has 19 nitrogen and oxygen atoms in total. The van der Waals surface area contributed by atoms with Gasteiger partial charge in [0.15, 0.2) is 0 Å². The Morgan fingerprint density at radius 1 is 0.612 bits per heavy atom. The minimum absolute atomic E-state index is 0.115.